The first-order valence-electron chi connectivity index (χ1n) is 4.78. The van der Waals surface area contributed by atoms with Crippen LogP contribution in [0.15, 0.2) is 0 Å². The van der Waals surface area contributed by atoms with Crippen molar-refractivity contribution in [2.45, 2.75) is 12.5 Å². The summed E-state index contributed by atoms with van der Waals surface area (Å²) in [6, 6.07) is -1.10. The summed E-state index contributed by atoms with van der Waals surface area (Å²) in [5.74, 6) is -1.82. The molecule has 0 aromatic heterocycles. The van der Waals surface area contributed by atoms with Crippen LogP contribution < -0.4 is 5.73 Å². The number of hydrogen-bond acceptors (Lipinski definition) is 5. The van der Waals surface area contributed by atoms with Gasteiger partial charge in [0.15, 0.2) is 9.84 Å². The van der Waals surface area contributed by atoms with Crippen molar-refractivity contribution in [1.29, 1.82) is 0 Å². The summed E-state index contributed by atoms with van der Waals surface area (Å²) >= 11 is 0. The Kier molecular flexibility index (Phi) is 3.87. The molecular formula is C8H14N2O5S. The molecule has 1 saturated heterocycles. The van der Waals surface area contributed by atoms with E-state index < -0.39 is 34.2 Å². The third-order valence-corrected chi connectivity index (χ3v) is 3.98. The highest BCUT2D eigenvalue weighted by Gasteiger charge is 2.28. The van der Waals surface area contributed by atoms with Crippen molar-refractivity contribution >= 4 is 21.7 Å². The van der Waals surface area contributed by atoms with Crippen LogP contribution in [0, 0.1) is 0 Å². The second kappa shape index (κ2) is 4.79. The topological polar surface area (TPSA) is 118 Å². The molecule has 0 aliphatic carbocycles. The monoisotopic (exact) mass is 250 g/mol. The summed E-state index contributed by atoms with van der Waals surface area (Å²) in [4.78, 5) is 23.2. The molecule has 8 heteroatoms. The van der Waals surface area contributed by atoms with Crippen LogP contribution in [0.4, 0.5) is 0 Å². The lowest BCUT2D eigenvalue weighted by atomic mass is 10.2. The number of aliphatic carboxylic acids is 1. The molecule has 1 amide bonds. The van der Waals surface area contributed by atoms with Crippen molar-refractivity contribution < 1.29 is 23.1 Å². The van der Waals surface area contributed by atoms with Gasteiger partial charge in [0.25, 0.3) is 0 Å². The summed E-state index contributed by atoms with van der Waals surface area (Å²) in [6.07, 6.45) is -0.442. The van der Waals surface area contributed by atoms with E-state index in [1.807, 2.05) is 0 Å². The zero-order valence-corrected chi connectivity index (χ0v) is 9.44. The molecule has 0 spiro atoms. The van der Waals surface area contributed by atoms with Crippen LogP contribution >= 0.6 is 0 Å². The predicted octanol–water partition coefficient (Wildman–Crippen LogP) is -1.95. The van der Waals surface area contributed by atoms with Crippen molar-refractivity contribution in [3.8, 4) is 0 Å². The first-order chi connectivity index (χ1) is 7.32. The normalized spacial score (nSPS) is 21.4. The Morgan fingerprint density at radius 1 is 1.31 bits per heavy atom. The maximum atomic E-state index is 11.6. The standard InChI is InChI=1S/C8H14N2O5S/c9-6(5-7(11)12)8(13)10-1-3-16(14,15)4-2-10/h6H,1-5,9H2,(H,11,12). The summed E-state index contributed by atoms with van der Waals surface area (Å²) in [6.45, 7) is 0.184. The van der Waals surface area contributed by atoms with Gasteiger partial charge < -0.3 is 15.7 Å². The average molecular weight is 250 g/mol. The molecule has 0 radical (unpaired) electrons. The number of sulfone groups is 1. The lowest BCUT2D eigenvalue weighted by molar-refractivity contribution is -0.141. The van der Waals surface area contributed by atoms with Crippen LogP contribution in [0.2, 0.25) is 0 Å². The Morgan fingerprint density at radius 2 is 1.81 bits per heavy atom. The van der Waals surface area contributed by atoms with E-state index >= 15 is 0 Å². The van der Waals surface area contributed by atoms with Gasteiger partial charge in [-0.3, -0.25) is 9.59 Å². The Balaban J connectivity index is 2.53. The minimum absolute atomic E-state index is 0.0848. The number of nitrogens with zero attached hydrogens (tertiary/aromatic N) is 1. The van der Waals surface area contributed by atoms with E-state index in [-0.39, 0.29) is 24.6 Å². The molecule has 1 heterocycles. The van der Waals surface area contributed by atoms with Crippen molar-refractivity contribution in [2.24, 2.45) is 5.73 Å². The van der Waals surface area contributed by atoms with E-state index in [9.17, 15) is 18.0 Å². The smallest absolute Gasteiger partial charge is 0.305 e. The maximum Gasteiger partial charge on any atom is 0.305 e. The largest absolute Gasteiger partial charge is 0.481 e. The maximum absolute atomic E-state index is 11.6. The van der Waals surface area contributed by atoms with E-state index in [1.165, 1.54) is 4.90 Å². The van der Waals surface area contributed by atoms with Gasteiger partial charge in [0, 0.05) is 13.1 Å². The second-order valence-electron chi connectivity index (χ2n) is 3.68. The molecule has 92 valence electrons. The van der Waals surface area contributed by atoms with Crippen LogP contribution in [0.1, 0.15) is 6.42 Å². The number of nitrogens with two attached hydrogens (primary N) is 1. The molecule has 7 nitrogen and oxygen atoms in total. The van der Waals surface area contributed by atoms with Crippen LogP contribution in [-0.2, 0) is 19.4 Å². The fourth-order valence-electron chi connectivity index (χ4n) is 1.44. The minimum atomic E-state index is -3.05. The highest BCUT2D eigenvalue weighted by molar-refractivity contribution is 7.91. The van der Waals surface area contributed by atoms with Gasteiger partial charge in [-0.2, -0.15) is 0 Å². The number of hydrogen-bond donors (Lipinski definition) is 2. The van der Waals surface area contributed by atoms with Gasteiger partial charge in [-0.05, 0) is 0 Å². The summed E-state index contributed by atoms with van der Waals surface area (Å²) in [5, 5.41) is 8.47. The molecule has 1 unspecified atom stereocenters. The SMILES string of the molecule is NC(CC(=O)O)C(=O)N1CCS(=O)(=O)CC1. The molecule has 1 aliphatic heterocycles. The lowest BCUT2D eigenvalue weighted by Gasteiger charge is -2.28. The van der Waals surface area contributed by atoms with Crippen molar-refractivity contribution in [2.75, 3.05) is 24.6 Å². The first kappa shape index (κ1) is 12.9. The van der Waals surface area contributed by atoms with Crippen molar-refractivity contribution in [1.82, 2.24) is 4.90 Å². The van der Waals surface area contributed by atoms with Gasteiger partial charge in [0.2, 0.25) is 5.91 Å². The third kappa shape index (κ3) is 3.46. The van der Waals surface area contributed by atoms with Crippen molar-refractivity contribution in [3.05, 3.63) is 0 Å². The van der Waals surface area contributed by atoms with Gasteiger partial charge >= 0.3 is 5.97 Å². The Labute approximate surface area is 93.1 Å². The van der Waals surface area contributed by atoms with E-state index in [4.69, 9.17) is 10.8 Å². The van der Waals surface area contributed by atoms with Crippen LogP contribution in [-0.4, -0.2) is 60.9 Å². The predicted molar refractivity (Wildman–Crippen MR) is 55.5 cm³/mol. The average Bonchev–Trinajstić information content (AvgIpc) is 2.15. The van der Waals surface area contributed by atoms with Crippen molar-refractivity contribution in [3.63, 3.8) is 0 Å². The molecular weight excluding hydrogens is 236 g/mol. The van der Waals surface area contributed by atoms with Crippen LogP contribution in [0.25, 0.3) is 0 Å². The van der Waals surface area contributed by atoms with E-state index in [0.717, 1.165) is 0 Å². The lowest BCUT2D eigenvalue weighted by Crippen LogP contribution is -2.50. The number of carbonyl (C=O) groups excluding carboxylic acids is 1. The molecule has 1 aliphatic rings. The number of carboxylic acid groups (broad SMARTS) is 1. The molecule has 1 atom stereocenters. The Bertz CT molecular complexity index is 377. The fraction of sp³-hybridized carbons (Fsp3) is 0.750. The van der Waals surface area contributed by atoms with E-state index in [0.29, 0.717) is 0 Å². The van der Waals surface area contributed by atoms with Gasteiger partial charge in [-0.1, -0.05) is 0 Å². The molecule has 1 rings (SSSR count). The molecule has 0 aromatic carbocycles. The molecule has 0 bridgehead atoms. The Morgan fingerprint density at radius 3 is 2.25 bits per heavy atom. The van der Waals surface area contributed by atoms with Gasteiger partial charge in [-0.25, -0.2) is 8.42 Å². The van der Waals surface area contributed by atoms with Crippen LogP contribution in [0.3, 0.4) is 0 Å². The summed E-state index contributed by atoms with van der Waals surface area (Å²) in [5.41, 5.74) is 5.40. The molecule has 1 fully saturated rings. The number of carbonyl (C=O) groups is 2. The number of carboxylic acids is 1. The minimum Gasteiger partial charge on any atom is -0.481 e. The zero-order chi connectivity index (χ0) is 12.3. The van der Waals surface area contributed by atoms with Gasteiger partial charge in [0.1, 0.15) is 0 Å². The highest BCUT2D eigenvalue weighted by atomic mass is 32.2. The molecule has 0 saturated carbocycles. The number of amides is 1. The summed E-state index contributed by atoms with van der Waals surface area (Å²) in [7, 11) is -3.05. The van der Waals surface area contributed by atoms with Gasteiger partial charge in [-0.15, -0.1) is 0 Å². The molecule has 3 N–H and O–H groups in total. The quantitative estimate of drug-likeness (QED) is 0.601. The third-order valence-electron chi connectivity index (χ3n) is 2.37. The van der Waals surface area contributed by atoms with Crippen LogP contribution in [0.5, 0.6) is 0 Å². The zero-order valence-electron chi connectivity index (χ0n) is 8.63. The van der Waals surface area contributed by atoms with Gasteiger partial charge in [0.05, 0.1) is 24.0 Å². The highest BCUT2D eigenvalue weighted by Crippen LogP contribution is 2.06. The molecule has 16 heavy (non-hydrogen) atoms. The molecule has 0 aromatic rings. The summed E-state index contributed by atoms with van der Waals surface area (Å²) < 4.78 is 22.2. The first-order valence-corrected chi connectivity index (χ1v) is 6.60. The van der Waals surface area contributed by atoms with E-state index in [2.05, 4.69) is 0 Å². The second-order valence-corrected chi connectivity index (χ2v) is 5.99. The number of rotatable bonds is 3. The van der Waals surface area contributed by atoms with E-state index in [1.54, 1.807) is 0 Å². The fourth-order valence-corrected chi connectivity index (χ4v) is 2.64. The Hall–Kier alpha value is -1.15.